The van der Waals surface area contributed by atoms with Gasteiger partial charge in [0, 0.05) is 31.3 Å². The molecule has 10 nitrogen and oxygen atoms in total. The van der Waals surface area contributed by atoms with Crippen molar-refractivity contribution in [1.29, 1.82) is 0 Å². The van der Waals surface area contributed by atoms with Crippen LogP contribution in [0.3, 0.4) is 0 Å². The minimum atomic E-state index is -0.826. The van der Waals surface area contributed by atoms with Crippen LogP contribution in [0.5, 0.6) is 0 Å². The Hall–Kier alpha value is -3.79. The first-order valence-corrected chi connectivity index (χ1v) is 15.4. The number of likely N-dealkylation sites (N-methyl/N-ethyl adjacent to an activating group) is 1. The van der Waals surface area contributed by atoms with Crippen LogP contribution < -0.4 is 31.6 Å². The molecule has 0 spiro atoms. The second kappa shape index (κ2) is 18.0. The third-order valence-corrected chi connectivity index (χ3v) is 6.99. The number of amides is 4. The van der Waals surface area contributed by atoms with Crippen LogP contribution in [0, 0.1) is 5.41 Å². The van der Waals surface area contributed by atoms with E-state index in [1.807, 2.05) is 71.9 Å². The van der Waals surface area contributed by atoms with E-state index in [1.165, 1.54) is 0 Å². The number of benzene rings is 1. The Bertz CT molecular complexity index is 1150. The summed E-state index contributed by atoms with van der Waals surface area (Å²) in [5.41, 5.74) is 1.22. The van der Waals surface area contributed by atoms with Gasteiger partial charge in [-0.3, -0.25) is 19.2 Å². The normalized spacial score (nSPS) is 14.1. The maximum absolute atomic E-state index is 13.6. The third-order valence-electron chi connectivity index (χ3n) is 6.99. The number of aromatic amines is 1. The van der Waals surface area contributed by atoms with Crippen molar-refractivity contribution in [2.45, 2.75) is 97.8 Å². The lowest BCUT2D eigenvalue weighted by molar-refractivity contribution is -0.378. The summed E-state index contributed by atoms with van der Waals surface area (Å²) in [6.07, 6.45) is 5.95. The largest absolute Gasteiger partial charge is 0.355 e. The number of hydrogen-bond donors (Lipinski definition) is 5. The minimum Gasteiger partial charge on any atom is -0.355 e. The van der Waals surface area contributed by atoms with E-state index in [0.29, 0.717) is 50.8 Å². The molecule has 1 heterocycles. The fourth-order valence-electron chi connectivity index (χ4n) is 4.81. The molecular formula is C33H51N6O4+. The summed E-state index contributed by atoms with van der Waals surface area (Å²) >= 11 is 0. The number of aromatic nitrogens is 1. The number of hydrogen-bond acceptors (Lipinski definition) is 5. The second-order valence-corrected chi connectivity index (χ2v) is 12.1. The number of nitrogens with one attached hydrogen (secondary N) is 6. The molecule has 43 heavy (non-hydrogen) atoms. The van der Waals surface area contributed by atoms with Crippen LogP contribution in [0.4, 0.5) is 0 Å². The number of carbonyl (C=O) groups excluding carboxylic acids is 4. The number of carbonyl (C=O) groups is 4. The Kier molecular flexibility index (Phi) is 14.8. The predicted molar refractivity (Wildman–Crippen MR) is 168 cm³/mol. The number of pyridine rings is 1. The molecule has 0 radical (unpaired) electrons. The highest BCUT2D eigenvalue weighted by Gasteiger charge is 2.31. The molecule has 0 fully saturated rings. The Balaban J connectivity index is 2.20. The maximum Gasteiger partial charge on any atom is 0.252 e. The summed E-state index contributed by atoms with van der Waals surface area (Å²) in [4.78, 5) is 55.5. The lowest BCUT2D eigenvalue weighted by Gasteiger charge is -2.29. The van der Waals surface area contributed by atoms with Crippen molar-refractivity contribution in [2.75, 3.05) is 13.1 Å². The van der Waals surface area contributed by atoms with Crippen molar-refractivity contribution in [3.63, 3.8) is 0 Å². The van der Waals surface area contributed by atoms with Crippen LogP contribution in [0.15, 0.2) is 54.9 Å². The van der Waals surface area contributed by atoms with E-state index in [-0.39, 0.29) is 35.2 Å². The van der Waals surface area contributed by atoms with Gasteiger partial charge in [0.2, 0.25) is 17.7 Å². The van der Waals surface area contributed by atoms with Crippen molar-refractivity contribution in [3.8, 4) is 0 Å². The quantitative estimate of drug-likeness (QED) is 0.191. The topological polar surface area (TPSA) is 143 Å². The summed E-state index contributed by atoms with van der Waals surface area (Å²) in [7, 11) is 0. The molecule has 0 aliphatic rings. The lowest BCUT2D eigenvalue weighted by atomic mass is 9.87. The van der Waals surface area contributed by atoms with Crippen molar-refractivity contribution in [2.24, 2.45) is 5.41 Å². The SMILES string of the molecule is CCC[C@H](NC(=O)C(CC(C)(C)C)NC(=O)c1cc[nH+]cc1)C(=O)NC(CN[C@@H](CC)C(=O)NCC)Cc1ccccc1. The highest BCUT2D eigenvalue weighted by molar-refractivity contribution is 5.98. The molecule has 2 rings (SSSR count). The van der Waals surface area contributed by atoms with Crippen LogP contribution >= 0.6 is 0 Å². The number of H-pyrrole nitrogens is 1. The highest BCUT2D eigenvalue weighted by Crippen LogP contribution is 2.21. The molecule has 10 heteroatoms. The Morgan fingerprint density at radius 2 is 1.44 bits per heavy atom. The Morgan fingerprint density at radius 1 is 0.791 bits per heavy atom. The molecule has 4 atom stereocenters. The molecule has 0 aliphatic carbocycles. The van der Waals surface area contributed by atoms with Gasteiger partial charge in [-0.05, 0) is 43.6 Å². The highest BCUT2D eigenvalue weighted by atomic mass is 16.2. The van der Waals surface area contributed by atoms with Crippen molar-refractivity contribution < 1.29 is 24.2 Å². The van der Waals surface area contributed by atoms with Crippen LogP contribution in [0.2, 0.25) is 0 Å². The van der Waals surface area contributed by atoms with Gasteiger partial charge in [0.05, 0.1) is 11.6 Å². The molecule has 1 aromatic carbocycles. The monoisotopic (exact) mass is 595 g/mol. The zero-order valence-electron chi connectivity index (χ0n) is 26.6. The van der Waals surface area contributed by atoms with E-state index in [2.05, 4.69) is 31.6 Å². The Labute approximate surface area is 256 Å². The van der Waals surface area contributed by atoms with Gasteiger partial charge in [-0.15, -0.1) is 0 Å². The van der Waals surface area contributed by atoms with E-state index in [4.69, 9.17) is 0 Å². The zero-order chi connectivity index (χ0) is 31.8. The van der Waals surface area contributed by atoms with Gasteiger partial charge in [-0.25, -0.2) is 4.98 Å². The first-order valence-electron chi connectivity index (χ1n) is 15.4. The molecule has 6 N–H and O–H groups in total. The smallest absolute Gasteiger partial charge is 0.252 e. The van der Waals surface area contributed by atoms with Crippen LogP contribution in [0.1, 0.15) is 83.1 Å². The molecule has 236 valence electrons. The molecule has 2 unspecified atom stereocenters. The Morgan fingerprint density at radius 3 is 2.02 bits per heavy atom. The summed E-state index contributed by atoms with van der Waals surface area (Å²) in [6.45, 7) is 12.7. The van der Waals surface area contributed by atoms with Crippen LogP contribution in [-0.2, 0) is 20.8 Å². The molecule has 0 saturated carbocycles. The summed E-state index contributed by atoms with van der Waals surface area (Å²) in [5.74, 6) is -1.14. The van der Waals surface area contributed by atoms with Gasteiger partial charge < -0.3 is 26.6 Å². The van der Waals surface area contributed by atoms with Gasteiger partial charge in [-0.1, -0.05) is 71.4 Å². The molecule has 1 aromatic heterocycles. The van der Waals surface area contributed by atoms with E-state index >= 15 is 0 Å². The van der Waals surface area contributed by atoms with E-state index in [9.17, 15) is 19.2 Å². The van der Waals surface area contributed by atoms with Crippen LogP contribution in [0.25, 0.3) is 0 Å². The van der Waals surface area contributed by atoms with E-state index < -0.39 is 18.0 Å². The lowest BCUT2D eigenvalue weighted by Crippen LogP contribution is -2.57. The van der Waals surface area contributed by atoms with Gasteiger partial charge >= 0.3 is 0 Å². The van der Waals surface area contributed by atoms with E-state index in [0.717, 1.165) is 5.56 Å². The third kappa shape index (κ3) is 12.9. The van der Waals surface area contributed by atoms with Crippen molar-refractivity contribution >= 4 is 23.6 Å². The molecular weight excluding hydrogens is 544 g/mol. The maximum atomic E-state index is 13.6. The molecule has 0 bridgehead atoms. The summed E-state index contributed by atoms with van der Waals surface area (Å²) in [6, 6.07) is 10.8. The van der Waals surface area contributed by atoms with Gasteiger partial charge in [0.1, 0.15) is 12.1 Å². The average Bonchev–Trinajstić information content (AvgIpc) is 2.97. The zero-order valence-corrected chi connectivity index (χ0v) is 26.6. The van der Waals surface area contributed by atoms with Crippen molar-refractivity contribution in [1.82, 2.24) is 26.6 Å². The molecule has 0 aliphatic heterocycles. The number of rotatable bonds is 17. The summed E-state index contributed by atoms with van der Waals surface area (Å²) in [5, 5.41) is 15.1. The van der Waals surface area contributed by atoms with Crippen molar-refractivity contribution in [3.05, 3.63) is 66.0 Å². The fourth-order valence-corrected chi connectivity index (χ4v) is 4.81. The van der Waals surface area contributed by atoms with Gasteiger partial charge in [-0.2, -0.15) is 0 Å². The molecule has 0 saturated heterocycles. The second-order valence-electron chi connectivity index (χ2n) is 12.1. The molecule has 2 aromatic rings. The summed E-state index contributed by atoms with van der Waals surface area (Å²) < 4.78 is 0. The van der Waals surface area contributed by atoms with Gasteiger partial charge in [0.25, 0.3) is 5.91 Å². The standard InChI is InChI=1S/C33H50N6O4/c1-7-13-27(38-32(43)28(21-33(4,5)6)39-29(40)24-16-18-34-19-17-24)31(42)37-25(20-23-14-11-10-12-15-23)22-36-26(8-2)30(41)35-9-3/h10-12,14-19,25-28,36H,7-9,13,20-22H2,1-6H3,(H,35,41)(H,37,42)(H,38,43)(H,39,40)/p+1/t25?,26-,27-,28?/m0/s1. The van der Waals surface area contributed by atoms with Gasteiger partial charge in [0.15, 0.2) is 12.4 Å². The van der Waals surface area contributed by atoms with E-state index in [1.54, 1.807) is 24.5 Å². The fraction of sp³-hybridized carbons (Fsp3) is 0.545. The first-order chi connectivity index (χ1) is 20.5. The first kappa shape index (κ1) is 35.4. The van der Waals surface area contributed by atoms with Crippen LogP contribution in [-0.4, -0.2) is 60.9 Å². The predicted octanol–water partition coefficient (Wildman–Crippen LogP) is 2.55. The minimum absolute atomic E-state index is 0.0773. The molecule has 4 amide bonds. The average molecular weight is 596 g/mol.